The summed E-state index contributed by atoms with van der Waals surface area (Å²) in [5.41, 5.74) is 8.88. The molecule has 0 saturated carbocycles. The Morgan fingerprint density at radius 2 is 0.957 bits per heavy atom. The fourth-order valence-electron chi connectivity index (χ4n) is 7.82. The molecule has 0 aliphatic carbocycles. The van der Waals surface area contributed by atoms with Crippen LogP contribution in [-0.4, -0.2) is 9.13 Å². The van der Waals surface area contributed by atoms with Crippen LogP contribution in [0.1, 0.15) is 0 Å². The van der Waals surface area contributed by atoms with E-state index in [0.29, 0.717) is 0 Å². The highest BCUT2D eigenvalue weighted by Gasteiger charge is 2.23. The van der Waals surface area contributed by atoms with E-state index < -0.39 is 0 Å². The van der Waals surface area contributed by atoms with Crippen LogP contribution < -0.4 is 0 Å². The summed E-state index contributed by atoms with van der Waals surface area (Å²) >= 11 is 1.87. The van der Waals surface area contributed by atoms with E-state index in [4.69, 9.17) is 4.42 Å². The van der Waals surface area contributed by atoms with Gasteiger partial charge in [-0.25, -0.2) is 0 Å². The van der Waals surface area contributed by atoms with Crippen molar-refractivity contribution in [1.82, 2.24) is 9.13 Å². The molecule has 0 bridgehead atoms. The molecule has 0 atom stereocenters. The van der Waals surface area contributed by atoms with Crippen molar-refractivity contribution >= 4 is 97.1 Å². The molecule has 0 radical (unpaired) electrons. The Hall–Kier alpha value is -5.84. The first-order valence-electron chi connectivity index (χ1n) is 15.6. The van der Waals surface area contributed by atoms with Gasteiger partial charge in [0.25, 0.3) is 0 Å². The molecule has 0 saturated heterocycles. The van der Waals surface area contributed by atoms with Gasteiger partial charge in [-0.3, -0.25) is 0 Å². The lowest BCUT2D eigenvalue weighted by atomic mass is 10.1. The molecule has 3 nitrogen and oxygen atoms in total. The molecule has 0 fully saturated rings. The third-order valence-corrected chi connectivity index (χ3v) is 10.9. The molecule has 214 valence electrons. The minimum atomic E-state index is 0.939. The number of fused-ring (bicyclic) bond motifs is 14. The second-order valence-corrected chi connectivity index (χ2v) is 13.1. The van der Waals surface area contributed by atoms with Crippen LogP contribution in [0.2, 0.25) is 0 Å². The first kappa shape index (κ1) is 24.5. The summed E-state index contributed by atoms with van der Waals surface area (Å²) < 4.78 is 14.5. The number of hydrogen-bond acceptors (Lipinski definition) is 2. The topological polar surface area (TPSA) is 23.0 Å². The third kappa shape index (κ3) is 3.06. The summed E-state index contributed by atoms with van der Waals surface area (Å²) in [4.78, 5) is 0. The van der Waals surface area contributed by atoms with Crippen LogP contribution in [0.4, 0.5) is 0 Å². The number of benzene rings is 7. The third-order valence-electron chi connectivity index (χ3n) is 9.71. The standard InChI is InChI=1S/C42H24N2OS/c1-2-11-25(12-3-1)43-32-17-7-4-14-30(32)38-34(43)23-21-27-28-22-24-35-39(41(28)45-40(27)38)31-15-5-8-18-33(31)44(35)36-19-10-16-29-26-13-6-9-20-37(26)46-42(29)36/h1-24H. The average molecular weight is 605 g/mol. The smallest absolute Gasteiger partial charge is 0.145 e. The van der Waals surface area contributed by atoms with Gasteiger partial charge in [0.05, 0.1) is 43.2 Å². The maximum absolute atomic E-state index is 7.11. The lowest BCUT2D eigenvalue weighted by Crippen LogP contribution is -1.93. The van der Waals surface area contributed by atoms with Crippen molar-refractivity contribution in [3.8, 4) is 11.4 Å². The van der Waals surface area contributed by atoms with Gasteiger partial charge in [-0.05, 0) is 60.7 Å². The Kier molecular flexibility index (Phi) is 4.72. The van der Waals surface area contributed by atoms with Crippen LogP contribution in [0.25, 0.3) is 97.1 Å². The zero-order chi connectivity index (χ0) is 29.9. The van der Waals surface area contributed by atoms with E-state index in [-0.39, 0.29) is 0 Å². The van der Waals surface area contributed by atoms with Gasteiger partial charge in [-0.1, -0.05) is 84.9 Å². The van der Waals surface area contributed by atoms with E-state index in [1.54, 1.807) is 0 Å². The molecule has 0 unspecified atom stereocenters. The Labute approximate surface area is 266 Å². The average Bonchev–Trinajstić information content (AvgIpc) is 3.86. The van der Waals surface area contributed by atoms with Crippen LogP contribution in [0.3, 0.4) is 0 Å². The largest absolute Gasteiger partial charge is 0.455 e. The van der Waals surface area contributed by atoms with Crippen LogP contribution in [0, 0.1) is 0 Å². The molecule has 0 N–H and O–H groups in total. The minimum Gasteiger partial charge on any atom is -0.455 e. The van der Waals surface area contributed by atoms with Crippen LogP contribution in [-0.2, 0) is 0 Å². The summed E-state index contributed by atoms with van der Waals surface area (Å²) in [5.74, 6) is 0. The van der Waals surface area contributed by atoms with Gasteiger partial charge in [-0.15, -0.1) is 11.3 Å². The Bertz CT molecular complexity index is 3030. The predicted molar refractivity (Wildman–Crippen MR) is 195 cm³/mol. The predicted octanol–water partition coefficient (Wildman–Crippen LogP) is 12.1. The van der Waals surface area contributed by atoms with E-state index in [9.17, 15) is 0 Å². The maximum Gasteiger partial charge on any atom is 0.145 e. The van der Waals surface area contributed by atoms with Gasteiger partial charge < -0.3 is 13.6 Å². The molecule has 4 heteroatoms. The molecule has 4 aromatic heterocycles. The quantitative estimate of drug-likeness (QED) is 0.192. The van der Waals surface area contributed by atoms with Gasteiger partial charge in [0, 0.05) is 42.7 Å². The molecule has 46 heavy (non-hydrogen) atoms. The van der Waals surface area contributed by atoms with Gasteiger partial charge in [-0.2, -0.15) is 0 Å². The number of para-hydroxylation sites is 3. The number of thiophene rings is 1. The summed E-state index contributed by atoms with van der Waals surface area (Å²) in [6, 6.07) is 52.5. The highest BCUT2D eigenvalue weighted by molar-refractivity contribution is 7.26. The van der Waals surface area contributed by atoms with Crippen molar-refractivity contribution in [2.75, 3.05) is 0 Å². The minimum absolute atomic E-state index is 0.939. The van der Waals surface area contributed by atoms with Gasteiger partial charge in [0.2, 0.25) is 0 Å². The summed E-state index contributed by atoms with van der Waals surface area (Å²) in [6.07, 6.45) is 0. The van der Waals surface area contributed by atoms with E-state index in [2.05, 4.69) is 155 Å². The second-order valence-electron chi connectivity index (χ2n) is 12.1. The normalized spacial score (nSPS) is 12.3. The first-order chi connectivity index (χ1) is 22.8. The van der Waals surface area contributed by atoms with E-state index >= 15 is 0 Å². The lowest BCUT2D eigenvalue weighted by Gasteiger charge is -2.09. The maximum atomic E-state index is 7.11. The number of rotatable bonds is 2. The number of hydrogen-bond donors (Lipinski definition) is 0. The Morgan fingerprint density at radius 3 is 1.67 bits per heavy atom. The molecular formula is C42H24N2OS. The highest BCUT2D eigenvalue weighted by Crippen LogP contribution is 2.46. The lowest BCUT2D eigenvalue weighted by molar-refractivity contribution is 0.677. The Morgan fingerprint density at radius 1 is 0.391 bits per heavy atom. The Balaban J connectivity index is 1.28. The number of furan rings is 1. The number of nitrogens with zero attached hydrogens (tertiary/aromatic N) is 2. The van der Waals surface area contributed by atoms with E-state index in [0.717, 1.165) is 49.4 Å². The summed E-state index contributed by atoms with van der Waals surface area (Å²) in [6.45, 7) is 0. The molecule has 4 heterocycles. The molecule has 0 amide bonds. The van der Waals surface area contributed by atoms with Crippen LogP contribution in [0.5, 0.6) is 0 Å². The number of aromatic nitrogens is 2. The summed E-state index contributed by atoms with van der Waals surface area (Å²) in [5, 5.41) is 9.59. The molecule has 0 aliphatic rings. The van der Waals surface area contributed by atoms with E-state index in [1.165, 1.54) is 47.7 Å². The molecule has 11 rings (SSSR count). The molecule has 11 aromatic rings. The zero-order valence-electron chi connectivity index (χ0n) is 24.6. The fourth-order valence-corrected chi connectivity index (χ4v) is 9.03. The monoisotopic (exact) mass is 604 g/mol. The molecule has 7 aromatic carbocycles. The molecular weight excluding hydrogens is 581 g/mol. The second kappa shape index (κ2) is 8.87. The van der Waals surface area contributed by atoms with Crippen molar-refractivity contribution in [2.45, 2.75) is 0 Å². The SMILES string of the molecule is c1ccc(-n2c3ccccc3c3c4oc5c(ccc6c5c5ccccc5n6-c5cccc6c5sc5ccccc56)c4ccc32)cc1. The van der Waals surface area contributed by atoms with Crippen molar-refractivity contribution < 1.29 is 4.42 Å². The van der Waals surface area contributed by atoms with Gasteiger partial charge in [0.15, 0.2) is 0 Å². The molecule has 0 spiro atoms. The van der Waals surface area contributed by atoms with Crippen molar-refractivity contribution in [1.29, 1.82) is 0 Å². The van der Waals surface area contributed by atoms with E-state index in [1.807, 2.05) is 11.3 Å². The van der Waals surface area contributed by atoms with Gasteiger partial charge >= 0.3 is 0 Å². The summed E-state index contributed by atoms with van der Waals surface area (Å²) in [7, 11) is 0. The fraction of sp³-hybridized carbons (Fsp3) is 0. The zero-order valence-corrected chi connectivity index (χ0v) is 25.4. The van der Waals surface area contributed by atoms with Crippen molar-refractivity contribution in [3.05, 3.63) is 146 Å². The molecule has 0 aliphatic heterocycles. The van der Waals surface area contributed by atoms with Crippen LogP contribution in [0.15, 0.2) is 150 Å². The first-order valence-corrected chi connectivity index (χ1v) is 16.4. The van der Waals surface area contributed by atoms with Crippen molar-refractivity contribution in [3.63, 3.8) is 0 Å². The van der Waals surface area contributed by atoms with Crippen LogP contribution >= 0.6 is 11.3 Å². The highest BCUT2D eigenvalue weighted by atomic mass is 32.1. The van der Waals surface area contributed by atoms with Crippen molar-refractivity contribution in [2.24, 2.45) is 0 Å². The van der Waals surface area contributed by atoms with Gasteiger partial charge in [0.1, 0.15) is 11.2 Å².